The zero-order valence-corrected chi connectivity index (χ0v) is 10.2. The van der Waals surface area contributed by atoms with Gasteiger partial charge in [-0.2, -0.15) is 0 Å². The largest absolute Gasteiger partial charge is 0.383 e. The number of piperazine rings is 1. The number of nitrogens with zero attached hydrogens (tertiary/aromatic N) is 1. The van der Waals surface area contributed by atoms with Crippen LogP contribution in [0.25, 0.3) is 0 Å². The van der Waals surface area contributed by atoms with Crippen molar-refractivity contribution in [2.45, 2.75) is 13.0 Å². The van der Waals surface area contributed by atoms with Gasteiger partial charge in [0, 0.05) is 37.9 Å². The summed E-state index contributed by atoms with van der Waals surface area (Å²) in [7, 11) is 2.20. The molecule has 16 heavy (non-hydrogen) atoms. The summed E-state index contributed by atoms with van der Waals surface area (Å²) in [5, 5.41) is 6.94. The lowest BCUT2D eigenvalue weighted by Crippen LogP contribution is -2.52. The number of benzene rings is 1. The molecule has 3 heteroatoms. The third kappa shape index (κ3) is 2.97. The van der Waals surface area contributed by atoms with Crippen LogP contribution in [0.15, 0.2) is 24.3 Å². The van der Waals surface area contributed by atoms with E-state index in [0.29, 0.717) is 6.04 Å². The van der Waals surface area contributed by atoms with E-state index >= 15 is 0 Å². The van der Waals surface area contributed by atoms with E-state index in [0.717, 1.165) is 26.2 Å². The van der Waals surface area contributed by atoms with Crippen molar-refractivity contribution in [3.05, 3.63) is 29.8 Å². The first-order valence-corrected chi connectivity index (χ1v) is 5.97. The van der Waals surface area contributed by atoms with Gasteiger partial charge in [0.15, 0.2) is 0 Å². The normalized spacial score (nSPS) is 22.0. The van der Waals surface area contributed by atoms with Gasteiger partial charge < -0.3 is 10.6 Å². The summed E-state index contributed by atoms with van der Waals surface area (Å²) in [6.45, 7) is 6.46. The summed E-state index contributed by atoms with van der Waals surface area (Å²) >= 11 is 0. The van der Waals surface area contributed by atoms with Gasteiger partial charge in [-0.3, -0.25) is 4.90 Å². The lowest BCUT2D eigenvalue weighted by molar-refractivity contribution is 0.209. The minimum atomic E-state index is 0.592. The molecule has 0 bridgehead atoms. The van der Waals surface area contributed by atoms with Gasteiger partial charge in [0.25, 0.3) is 0 Å². The highest BCUT2D eigenvalue weighted by atomic mass is 15.2. The van der Waals surface area contributed by atoms with E-state index in [1.54, 1.807) is 0 Å². The zero-order chi connectivity index (χ0) is 11.4. The molecule has 1 aliphatic rings. The van der Waals surface area contributed by atoms with Gasteiger partial charge >= 0.3 is 0 Å². The van der Waals surface area contributed by atoms with E-state index in [2.05, 4.69) is 53.8 Å². The van der Waals surface area contributed by atoms with Crippen LogP contribution < -0.4 is 10.6 Å². The van der Waals surface area contributed by atoms with Crippen molar-refractivity contribution in [1.82, 2.24) is 10.2 Å². The second-order valence-electron chi connectivity index (χ2n) is 4.59. The Labute approximate surface area is 97.8 Å². The Morgan fingerprint density at radius 2 is 2.38 bits per heavy atom. The second-order valence-corrected chi connectivity index (χ2v) is 4.59. The molecular formula is C13H21N3. The molecule has 1 atom stereocenters. The number of rotatable bonds is 3. The molecule has 88 valence electrons. The topological polar surface area (TPSA) is 27.3 Å². The van der Waals surface area contributed by atoms with E-state index in [-0.39, 0.29) is 0 Å². The molecule has 1 fully saturated rings. The zero-order valence-electron chi connectivity index (χ0n) is 10.2. The number of aryl methyl sites for hydroxylation is 1. The van der Waals surface area contributed by atoms with Crippen LogP contribution in [0, 0.1) is 6.92 Å². The third-order valence-electron chi connectivity index (χ3n) is 3.20. The molecule has 1 unspecified atom stereocenters. The van der Waals surface area contributed by atoms with Crippen molar-refractivity contribution in [2.75, 3.05) is 38.5 Å². The van der Waals surface area contributed by atoms with E-state index in [9.17, 15) is 0 Å². The fourth-order valence-electron chi connectivity index (χ4n) is 2.08. The fraction of sp³-hybridized carbons (Fsp3) is 0.538. The van der Waals surface area contributed by atoms with Crippen molar-refractivity contribution < 1.29 is 0 Å². The molecule has 1 heterocycles. The predicted octanol–water partition coefficient (Wildman–Crippen LogP) is 1.31. The highest BCUT2D eigenvalue weighted by Gasteiger charge is 2.17. The molecule has 1 aromatic carbocycles. The maximum absolute atomic E-state index is 3.50. The van der Waals surface area contributed by atoms with Gasteiger partial charge in [0.1, 0.15) is 0 Å². The van der Waals surface area contributed by atoms with Crippen molar-refractivity contribution >= 4 is 5.69 Å². The van der Waals surface area contributed by atoms with Crippen molar-refractivity contribution in [3.63, 3.8) is 0 Å². The molecule has 0 aliphatic carbocycles. The average Bonchev–Trinajstić information content (AvgIpc) is 2.28. The first-order chi connectivity index (χ1) is 7.75. The Balaban J connectivity index is 1.86. The lowest BCUT2D eigenvalue weighted by atomic mass is 10.2. The lowest BCUT2D eigenvalue weighted by Gasteiger charge is -2.33. The molecule has 1 saturated heterocycles. The van der Waals surface area contributed by atoms with Gasteiger partial charge in [0.2, 0.25) is 0 Å². The van der Waals surface area contributed by atoms with Crippen LogP contribution >= 0.6 is 0 Å². The number of nitrogens with one attached hydrogen (secondary N) is 2. The number of hydrogen-bond donors (Lipinski definition) is 2. The Kier molecular flexibility index (Phi) is 3.80. The Bertz CT molecular complexity index is 338. The maximum atomic E-state index is 3.50. The fourth-order valence-corrected chi connectivity index (χ4v) is 2.08. The van der Waals surface area contributed by atoms with Crippen molar-refractivity contribution in [2.24, 2.45) is 0 Å². The standard InChI is InChI=1S/C13H21N3/c1-11-4-3-5-12(8-11)15-10-13-9-14-6-7-16(13)2/h3-5,8,13-15H,6-7,9-10H2,1-2H3. The maximum Gasteiger partial charge on any atom is 0.0390 e. The van der Waals surface area contributed by atoms with Crippen LogP contribution in [0.5, 0.6) is 0 Å². The van der Waals surface area contributed by atoms with Gasteiger partial charge in [-0.1, -0.05) is 12.1 Å². The minimum Gasteiger partial charge on any atom is -0.383 e. The Morgan fingerprint density at radius 3 is 3.12 bits per heavy atom. The molecule has 0 aromatic heterocycles. The van der Waals surface area contributed by atoms with Gasteiger partial charge in [0.05, 0.1) is 0 Å². The Hall–Kier alpha value is -1.06. The summed E-state index contributed by atoms with van der Waals surface area (Å²) in [6, 6.07) is 9.13. The van der Waals surface area contributed by atoms with E-state index in [1.807, 2.05) is 0 Å². The number of likely N-dealkylation sites (N-methyl/N-ethyl adjacent to an activating group) is 1. The molecule has 1 aromatic rings. The van der Waals surface area contributed by atoms with Crippen LogP contribution in [-0.2, 0) is 0 Å². The summed E-state index contributed by atoms with van der Waals surface area (Å²) in [4.78, 5) is 2.42. The predicted molar refractivity (Wildman–Crippen MR) is 69.0 cm³/mol. The minimum absolute atomic E-state index is 0.592. The first-order valence-electron chi connectivity index (χ1n) is 5.97. The van der Waals surface area contributed by atoms with Crippen LogP contribution in [-0.4, -0.2) is 44.2 Å². The quantitative estimate of drug-likeness (QED) is 0.802. The van der Waals surface area contributed by atoms with E-state index in [1.165, 1.54) is 11.3 Å². The van der Waals surface area contributed by atoms with Crippen LogP contribution in [0.4, 0.5) is 5.69 Å². The molecule has 0 spiro atoms. The molecule has 0 amide bonds. The third-order valence-corrected chi connectivity index (χ3v) is 3.20. The molecule has 0 radical (unpaired) electrons. The van der Waals surface area contributed by atoms with Gasteiger partial charge in [-0.25, -0.2) is 0 Å². The molecule has 2 N–H and O–H groups in total. The molecular weight excluding hydrogens is 198 g/mol. The number of hydrogen-bond acceptors (Lipinski definition) is 3. The molecule has 3 nitrogen and oxygen atoms in total. The number of anilines is 1. The summed E-state index contributed by atoms with van der Waals surface area (Å²) in [5.74, 6) is 0. The molecule has 0 saturated carbocycles. The Morgan fingerprint density at radius 1 is 1.50 bits per heavy atom. The first kappa shape index (κ1) is 11.4. The monoisotopic (exact) mass is 219 g/mol. The van der Waals surface area contributed by atoms with Gasteiger partial charge in [-0.05, 0) is 31.7 Å². The van der Waals surface area contributed by atoms with Crippen LogP contribution in [0.2, 0.25) is 0 Å². The van der Waals surface area contributed by atoms with Gasteiger partial charge in [-0.15, -0.1) is 0 Å². The molecule has 1 aliphatic heterocycles. The van der Waals surface area contributed by atoms with Crippen molar-refractivity contribution in [1.29, 1.82) is 0 Å². The van der Waals surface area contributed by atoms with Crippen LogP contribution in [0.1, 0.15) is 5.56 Å². The van der Waals surface area contributed by atoms with E-state index < -0.39 is 0 Å². The van der Waals surface area contributed by atoms with E-state index in [4.69, 9.17) is 0 Å². The summed E-state index contributed by atoms with van der Waals surface area (Å²) in [5.41, 5.74) is 2.53. The van der Waals surface area contributed by atoms with Crippen molar-refractivity contribution in [3.8, 4) is 0 Å². The van der Waals surface area contributed by atoms with Crippen LogP contribution in [0.3, 0.4) is 0 Å². The molecule has 2 rings (SSSR count). The second kappa shape index (κ2) is 5.32. The highest BCUT2D eigenvalue weighted by Crippen LogP contribution is 2.10. The average molecular weight is 219 g/mol. The summed E-state index contributed by atoms with van der Waals surface area (Å²) in [6.07, 6.45) is 0. The smallest absolute Gasteiger partial charge is 0.0390 e. The SMILES string of the molecule is Cc1cccc(NCC2CNCCN2C)c1. The highest BCUT2D eigenvalue weighted by molar-refractivity contribution is 5.45. The summed E-state index contributed by atoms with van der Waals surface area (Å²) < 4.78 is 0.